The van der Waals surface area contributed by atoms with Crippen molar-refractivity contribution in [3.8, 4) is 0 Å². The maximum atomic E-state index is 10.9. The van der Waals surface area contributed by atoms with E-state index in [0.717, 1.165) is 11.8 Å². The summed E-state index contributed by atoms with van der Waals surface area (Å²) in [7, 11) is 0. The van der Waals surface area contributed by atoms with Crippen molar-refractivity contribution < 1.29 is 19.1 Å². The fourth-order valence-electron chi connectivity index (χ4n) is 0.621. The van der Waals surface area contributed by atoms with Gasteiger partial charge in [-0.25, -0.2) is 0 Å². The van der Waals surface area contributed by atoms with Crippen LogP contribution in [0.15, 0.2) is 0 Å². The van der Waals surface area contributed by atoms with Crippen LogP contribution in [0.3, 0.4) is 0 Å². The van der Waals surface area contributed by atoms with Gasteiger partial charge in [-0.3, -0.25) is 9.59 Å². The molecule has 0 aliphatic rings. The number of hydrogen-bond donors (Lipinski definition) is 0. The minimum atomic E-state index is -0.536. The van der Waals surface area contributed by atoms with Crippen LogP contribution in [0.4, 0.5) is 0 Å². The molecule has 0 N–H and O–H groups in total. The Morgan fingerprint density at radius 1 is 1.23 bits per heavy atom. The van der Waals surface area contributed by atoms with Crippen molar-refractivity contribution in [1.29, 1.82) is 0 Å². The lowest BCUT2D eigenvalue weighted by atomic mass is 10.4. The van der Waals surface area contributed by atoms with Crippen molar-refractivity contribution in [2.24, 2.45) is 0 Å². The van der Waals surface area contributed by atoms with Crippen molar-refractivity contribution in [2.75, 3.05) is 18.5 Å². The quantitative estimate of drug-likeness (QED) is 0.309. The van der Waals surface area contributed by atoms with Gasteiger partial charge in [0.05, 0.1) is 13.2 Å². The Morgan fingerprint density at radius 2 is 1.85 bits per heavy atom. The highest BCUT2D eigenvalue weighted by molar-refractivity contribution is 9.09. The third kappa shape index (κ3) is 7.77. The number of halogens is 1. The Hall–Kier alpha value is -0.580. The molecule has 0 aromatic rings. The normalized spacial score (nSPS) is 9.38. The fraction of sp³-hybridized carbons (Fsp3) is 0.750. The average Bonchev–Trinajstić information content (AvgIpc) is 2.05. The Balaban J connectivity index is 3.44. The first kappa shape index (κ1) is 12.4. The molecule has 13 heavy (non-hydrogen) atoms. The zero-order valence-electron chi connectivity index (χ0n) is 7.55. The van der Waals surface area contributed by atoms with Gasteiger partial charge in [-0.05, 0) is 13.3 Å². The smallest absolute Gasteiger partial charge is 0.317 e. The van der Waals surface area contributed by atoms with Crippen LogP contribution >= 0.6 is 15.9 Å². The summed E-state index contributed by atoms with van der Waals surface area (Å²) in [6.45, 7) is 2.31. The van der Waals surface area contributed by atoms with Gasteiger partial charge in [0.25, 0.3) is 0 Å². The molecular formula is C8H13BrO4. The predicted molar refractivity (Wildman–Crippen MR) is 50.6 cm³/mol. The molecule has 0 heterocycles. The number of ether oxygens (including phenoxy) is 2. The van der Waals surface area contributed by atoms with Gasteiger partial charge >= 0.3 is 11.9 Å². The van der Waals surface area contributed by atoms with Crippen LogP contribution in [0, 0.1) is 0 Å². The number of hydrogen-bond acceptors (Lipinski definition) is 4. The molecule has 0 atom stereocenters. The number of rotatable bonds is 6. The molecule has 0 amide bonds. The second-order valence-corrected chi connectivity index (χ2v) is 3.04. The van der Waals surface area contributed by atoms with Crippen LogP contribution in [0.1, 0.15) is 19.8 Å². The molecule has 0 rings (SSSR count). The highest BCUT2D eigenvalue weighted by Crippen LogP contribution is 1.94. The van der Waals surface area contributed by atoms with Crippen LogP contribution in [0.25, 0.3) is 0 Å². The Labute approximate surface area is 85.7 Å². The monoisotopic (exact) mass is 252 g/mol. The van der Waals surface area contributed by atoms with Crippen LogP contribution in [0.2, 0.25) is 0 Å². The molecular weight excluding hydrogens is 240 g/mol. The van der Waals surface area contributed by atoms with Gasteiger partial charge in [0.1, 0.15) is 6.42 Å². The summed E-state index contributed by atoms with van der Waals surface area (Å²) in [6, 6.07) is 0. The lowest BCUT2D eigenvalue weighted by Gasteiger charge is -2.02. The molecule has 5 heteroatoms. The number of carbonyl (C=O) groups is 2. The van der Waals surface area contributed by atoms with Gasteiger partial charge in [-0.1, -0.05) is 15.9 Å². The Bertz CT molecular complexity index is 170. The highest BCUT2D eigenvalue weighted by atomic mass is 79.9. The lowest BCUT2D eigenvalue weighted by Crippen LogP contribution is -2.14. The first-order valence-corrected chi connectivity index (χ1v) is 5.20. The third-order valence-electron chi connectivity index (χ3n) is 1.14. The van der Waals surface area contributed by atoms with E-state index in [4.69, 9.17) is 4.74 Å². The summed E-state index contributed by atoms with van der Waals surface area (Å²) in [5.41, 5.74) is 0. The molecule has 4 nitrogen and oxygen atoms in total. The van der Waals surface area contributed by atoms with Crippen molar-refractivity contribution >= 4 is 27.9 Å². The molecule has 0 spiro atoms. The molecule has 0 radical (unpaired) electrons. The molecule has 0 saturated carbocycles. The second kappa shape index (κ2) is 8.04. The van der Waals surface area contributed by atoms with Crippen LogP contribution in [0.5, 0.6) is 0 Å². The summed E-state index contributed by atoms with van der Waals surface area (Å²) in [4.78, 5) is 21.6. The van der Waals surface area contributed by atoms with Crippen LogP contribution in [-0.2, 0) is 19.1 Å². The zero-order valence-corrected chi connectivity index (χ0v) is 9.13. The third-order valence-corrected chi connectivity index (χ3v) is 1.70. The molecule has 0 aliphatic carbocycles. The maximum Gasteiger partial charge on any atom is 0.317 e. The van der Waals surface area contributed by atoms with Crippen LogP contribution in [-0.4, -0.2) is 30.5 Å². The fourth-order valence-corrected chi connectivity index (χ4v) is 0.850. The molecule has 0 aromatic carbocycles. The maximum absolute atomic E-state index is 10.9. The van der Waals surface area contributed by atoms with Gasteiger partial charge in [0.2, 0.25) is 0 Å². The minimum absolute atomic E-state index is 0.285. The Morgan fingerprint density at radius 3 is 2.38 bits per heavy atom. The number of alkyl halides is 1. The van der Waals surface area contributed by atoms with E-state index in [0.29, 0.717) is 6.61 Å². The zero-order chi connectivity index (χ0) is 10.1. The van der Waals surface area contributed by atoms with Gasteiger partial charge < -0.3 is 9.47 Å². The van der Waals surface area contributed by atoms with Crippen molar-refractivity contribution in [1.82, 2.24) is 0 Å². The van der Waals surface area contributed by atoms with Crippen molar-refractivity contribution in [3.63, 3.8) is 0 Å². The van der Waals surface area contributed by atoms with E-state index in [1.165, 1.54) is 0 Å². The van der Waals surface area contributed by atoms with Gasteiger partial charge in [-0.15, -0.1) is 0 Å². The SMILES string of the molecule is CCOC(=O)CC(=O)OCCCBr. The van der Waals surface area contributed by atoms with Gasteiger partial charge in [0, 0.05) is 5.33 Å². The standard InChI is InChI=1S/C8H13BrO4/c1-2-12-7(10)6-8(11)13-5-3-4-9/h2-6H2,1H3. The summed E-state index contributed by atoms with van der Waals surface area (Å²) in [6.07, 6.45) is 0.449. The molecule has 0 saturated heterocycles. The van der Waals surface area contributed by atoms with E-state index < -0.39 is 11.9 Å². The predicted octanol–water partition coefficient (Wildman–Crippen LogP) is 1.27. The van der Waals surface area contributed by atoms with Gasteiger partial charge in [0.15, 0.2) is 0 Å². The van der Waals surface area contributed by atoms with E-state index in [2.05, 4.69) is 20.7 Å². The van der Waals surface area contributed by atoms with E-state index in [1.807, 2.05) is 0 Å². The average molecular weight is 253 g/mol. The largest absolute Gasteiger partial charge is 0.466 e. The number of carbonyl (C=O) groups excluding carboxylic acids is 2. The number of esters is 2. The van der Waals surface area contributed by atoms with Crippen LogP contribution < -0.4 is 0 Å². The van der Waals surface area contributed by atoms with Gasteiger partial charge in [-0.2, -0.15) is 0 Å². The van der Waals surface area contributed by atoms with E-state index in [-0.39, 0.29) is 13.0 Å². The molecule has 0 unspecified atom stereocenters. The molecule has 0 bridgehead atoms. The topological polar surface area (TPSA) is 52.6 Å². The molecule has 76 valence electrons. The molecule has 0 fully saturated rings. The highest BCUT2D eigenvalue weighted by Gasteiger charge is 2.10. The molecule has 0 aliphatic heterocycles. The lowest BCUT2D eigenvalue weighted by molar-refractivity contribution is -0.154. The first-order valence-electron chi connectivity index (χ1n) is 4.08. The minimum Gasteiger partial charge on any atom is -0.466 e. The first-order chi connectivity index (χ1) is 6.20. The Kier molecular flexibility index (Phi) is 7.68. The van der Waals surface area contributed by atoms with E-state index in [1.54, 1.807) is 6.92 Å². The summed E-state index contributed by atoms with van der Waals surface area (Å²) < 4.78 is 9.30. The van der Waals surface area contributed by atoms with E-state index in [9.17, 15) is 9.59 Å². The van der Waals surface area contributed by atoms with Crippen molar-refractivity contribution in [2.45, 2.75) is 19.8 Å². The molecule has 0 aromatic heterocycles. The van der Waals surface area contributed by atoms with E-state index >= 15 is 0 Å². The summed E-state index contributed by atoms with van der Waals surface area (Å²) in [5, 5.41) is 0.777. The summed E-state index contributed by atoms with van der Waals surface area (Å²) in [5.74, 6) is -1.06. The second-order valence-electron chi connectivity index (χ2n) is 2.24. The summed E-state index contributed by atoms with van der Waals surface area (Å²) >= 11 is 3.19. The van der Waals surface area contributed by atoms with Crippen molar-refractivity contribution in [3.05, 3.63) is 0 Å².